The summed E-state index contributed by atoms with van der Waals surface area (Å²) in [4.78, 5) is 23.4. The predicted molar refractivity (Wildman–Crippen MR) is 85.6 cm³/mol. The molecule has 122 valence electrons. The first-order chi connectivity index (χ1) is 11.1. The molecular weight excluding hydrogens is 296 g/mol. The van der Waals surface area contributed by atoms with Crippen LogP contribution in [0.1, 0.15) is 37.8 Å². The van der Waals surface area contributed by atoms with E-state index in [-0.39, 0.29) is 11.5 Å². The zero-order valence-electron chi connectivity index (χ0n) is 13.1. The van der Waals surface area contributed by atoms with Crippen molar-refractivity contribution in [1.82, 2.24) is 19.5 Å². The SMILES string of the molecule is Cc1nc(NCC2CCCCC2)nc(-n2ccnc2)c1[N+](=O)[O-]. The molecule has 0 saturated heterocycles. The number of nitrogens with zero attached hydrogens (tertiary/aromatic N) is 5. The topological polar surface area (TPSA) is 98.8 Å². The minimum atomic E-state index is -0.449. The maximum absolute atomic E-state index is 11.3. The highest BCUT2D eigenvalue weighted by Gasteiger charge is 2.23. The van der Waals surface area contributed by atoms with E-state index in [0.717, 1.165) is 6.54 Å². The Kier molecular flexibility index (Phi) is 4.50. The molecule has 1 N–H and O–H groups in total. The second-order valence-electron chi connectivity index (χ2n) is 5.92. The third-order valence-corrected chi connectivity index (χ3v) is 4.25. The molecule has 0 spiro atoms. The zero-order chi connectivity index (χ0) is 16.2. The van der Waals surface area contributed by atoms with Gasteiger partial charge in [0.1, 0.15) is 12.0 Å². The lowest BCUT2D eigenvalue weighted by Crippen LogP contribution is -2.19. The van der Waals surface area contributed by atoms with Crippen LogP contribution in [-0.2, 0) is 0 Å². The molecule has 23 heavy (non-hydrogen) atoms. The molecule has 1 aliphatic rings. The summed E-state index contributed by atoms with van der Waals surface area (Å²) in [7, 11) is 0. The van der Waals surface area contributed by atoms with Gasteiger partial charge in [0.25, 0.3) is 0 Å². The standard InChI is InChI=1S/C15H20N6O2/c1-11-13(21(22)23)14(20-8-7-16-10-20)19-15(18-11)17-9-12-5-3-2-4-6-12/h7-8,10,12H,2-6,9H2,1H3,(H,17,18,19). The number of rotatable bonds is 5. The van der Waals surface area contributed by atoms with Gasteiger partial charge in [-0.1, -0.05) is 19.3 Å². The molecule has 0 radical (unpaired) electrons. The van der Waals surface area contributed by atoms with Crippen molar-refractivity contribution in [1.29, 1.82) is 0 Å². The van der Waals surface area contributed by atoms with Gasteiger partial charge in [-0.3, -0.25) is 14.7 Å². The van der Waals surface area contributed by atoms with Gasteiger partial charge < -0.3 is 5.32 Å². The third kappa shape index (κ3) is 3.46. The number of imidazole rings is 1. The van der Waals surface area contributed by atoms with Crippen molar-refractivity contribution < 1.29 is 4.92 Å². The van der Waals surface area contributed by atoms with Gasteiger partial charge in [0.2, 0.25) is 11.8 Å². The number of aromatic nitrogens is 4. The lowest BCUT2D eigenvalue weighted by molar-refractivity contribution is -0.385. The number of nitro groups is 1. The Morgan fingerprint density at radius 2 is 2.13 bits per heavy atom. The van der Waals surface area contributed by atoms with Crippen LogP contribution in [0.4, 0.5) is 11.6 Å². The van der Waals surface area contributed by atoms with Crippen molar-refractivity contribution in [3.63, 3.8) is 0 Å². The molecule has 3 rings (SSSR count). The van der Waals surface area contributed by atoms with Crippen LogP contribution in [0.3, 0.4) is 0 Å². The van der Waals surface area contributed by atoms with Crippen LogP contribution in [0, 0.1) is 23.0 Å². The van der Waals surface area contributed by atoms with Crippen molar-refractivity contribution in [3.05, 3.63) is 34.5 Å². The summed E-state index contributed by atoms with van der Waals surface area (Å²) in [6.45, 7) is 2.44. The third-order valence-electron chi connectivity index (χ3n) is 4.25. The Morgan fingerprint density at radius 1 is 1.35 bits per heavy atom. The van der Waals surface area contributed by atoms with E-state index in [1.807, 2.05) is 0 Å². The molecule has 1 saturated carbocycles. The number of aryl methyl sites for hydroxylation is 1. The van der Waals surface area contributed by atoms with Crippen LogP contribution in [-0.4, -0.2) is 31.0 Å². The molecule has 0 aromatic carbocycles. The first kappa shape index (κ1) is 15.4. The Hall–Kier alpha value is -2.51. The molecular formula is C15H20N6O2. The van der Waals surface area contributed by atoms with Crippen molar-refractivity contribution in [2.75, 3.05) is 11.9 Å². The van der Waals surface area contributed by atoms with E-state index in [4.69, 9.17) is 0 Å². The second-order valence-corrected chi connectivity index (χ2v) is 5.92. The van der Waals surface area contributed by atoms with Gasteiger partial charge in [0, 0.05) is 18.9 Å². The largest absolute Gasteiger partial charge is 0.354 e. The lowest BCUT2D eigenvalue weighted by atomic mass is 9.89. The average Bonchev–Trinajstić information content (AvgIpc) is 3.07. The van der Waals surface area contributed by atoms with Gasteiger partial charge in [-0.25, -0.2) is 9.97 Å². The zero-order valence-corrected chi connectivity index (χ0v) is 13.1. The molecule has 0 aliphatic heterocycles. The van der Waals surface area contributed by atoms with Crippen LogP contribution in [0.25, 0.3) is 5.82 Å². The number of hydrogen-bond acceptors (Lipinski definition) is 6. The highest BCUT2D eigenvalue weighted by molar-refractivity contribution is 5.53. The van der Waals surface area contributed by atoms with Crippen LogP contribution in [0.2, 0.25) is 0 Å². The molecule has 2 aromatic heterocycles. The summed E-state index contributed by atoms with van der Waals surface area (Å²) >= 11 is 0. The van der Waals surface area contributed by atoms with Crippen LogP contribution >= 0.6 is 0 Å². The number of hydrogen-bond donors (Lipinski definition) is 1. The molecule has 0 unspecified atom stereocenters. The molecule has 2 aromatic rings. The van der Waals surface area contributed by atoms with E-state index in [1.165, 1.54) is 38.4 Å². The summed E-state index contributed by atoms with van der Waals surface area (Å²) in [5, 5.41) is 14.6. The fourth-order valence-corrected chi connectivity index (χ4v) is 3.04. The van der Waals surface area contributed by atoms with Crippen LogP contribution < -0.4 is 5.32 Å². The number of anilines is 1. The normalized spacial score (nSPS) is 15.5. The maximum Gasteiger partial charge on any atom is 0.333 e. The van der Waals surface area contributed by atoms with Gasteiger partial charge >= 0.3 is 5.69 Å². The van der Waals surface area contributed by atoms with Gasteiger partial charge in [-0.2, -0.15) is 4.98 Å². The summed E-state index contributed by atoms with van der Waals surface area (Å²) in [5.41, 5.74) is 0.256. The molecule has 8 heteroatoms. The highest BCUT2D eigenvalue weighted by Crippen LogP contribution is 2.26. The van der Waals surface area contributed by atoms with E-state index in [9.17, 15) is 10.1 Å². The van der Waals surface area contributed by atoms with E-state index >= 15 is 0 Å². The van der Waals surface area contributed by atoms with Gasteiger partial charge in [0.05, 0.1) is 4.92 Å². The molecule has 0 amide bonds. The van der Waals surface area contributed by atoms with E-state index in [2.05, 4.69) is 20.3 Å². The summed E-state index contributed by atoms with van der Waals surface area (Å²) in [6, 6.07) is 0. The Bertz CT molecular complexity index is 680. The van der Waals surface area contributed by atoms with Crippen LogP contribution in [0.5, 0.6) is 0 Å². The van der Waals surface area contributed by atoms with E-state index < -0.39 is 4.92 Å². The molecule has 0 bridgehead atoms. The molecule has 1 fully saturated rings. The molecule has 2 heterocycles. The van der Waals surface area contributed by atoms with Gasteiger partial charge in [0.15, 0.2) is 0 Å². The van der Waals surface area contributed by atoms with Crippen molar-refractivity contribution in [3.8, 4) is 5.82 Å². The summed E-state index contributed by atoms with van der Waals surface area (Å²) in [6.07, 6.45) is 11.0. The Morgan fingerprint density at radius 3 is 2.78 bits per heavy atom. The Balaban J connectivity index is 1.85. The first-order valence-electron chi connectivity index (χ1n) is 7.90. The lowest BCUT2D eigenvalue weighted by Gasteiger charge is -2.21. The second kappa shape index (κ2) is 6.72. The van der Waals surface area contributed by atoms with Crippen LogP contribution in [0.15, 0.2) is 18.7 Å². The van der Waals surface area contributed by atoms with E-state index in [1.54, 1.807) is 23.9 Å². The first-order valence-corrected chi connectivity index (χ1v) is 7.90. The maximum atomic E-state index is 11.3. The number of nitrogens with one attached hydrogen (secondary N) is 1. The average molecular weight is 316 g/mol. The van der Waals surface area contributed by atoms with Crippen molar-refractivity contribution >= 4 is 11.6 Å². The Labute approximate surface area is 134 Å². The summed E-state index contributed by atoms with van der Waals surface area (Å²) in [5.74, 6) is 1.30. The molecule has 8 nitrogen and oxygen atoms in total. The van der Waals surface area contributed by atoms with Gasteiger partial charge in [-0.05, 0) is 25.7 Å². The minimum Gasteiger partial charge on any atom is -0.354 e. The molecule has 0 atom stereocenters. The highest BCUT2D eigenvalue weighted by atomic mass is 16.6. The quantitative estimate of drug-likeness (QED) is 0.672. The fourth-order valence-electron chi connectivity index (χ4n) is 3.04. The molecule has 1 aliphatic carbocycles. The smallest absolute Gasteiger partial charge is 0.333 e. The monoisotopic (exact) mass is 316 g/mol. The van der Waals surface area contributed by atoms with Gasteiger partial charge in [-0.15, -0.1) is 0 Å². The fraction of sp³-hybridized carbons (Fsp3) is 0.533. The van der Waals surface area contributed by atoms with Crippen molar-refractivity contribution in [2.45, 2.75) is 39.0 Å². The predicted octanol–water partition coefficient (Wildman–Crippen LogP) is 2.87. The van der Waals surface area contributed by atoms with E-state index in [0.29, 0.717) is 17.6 Å². The van der Waals surface area contributed by atoms with Crippen molar-refractivity contribution in [2.24, 2.45) is 5.92 Å². The summed E-state index contributed by atoms with van der Waals surface area (Å²) < 4.78 is 1.54. The minimum absolute atomic E-state index is 0.0915.